The molecule has 1 aromatic rings. The average Bonchev–Trinajstić information content (AvgIpc) is 2.35. The molecule has 0 radical (unpaired) electrons. The number of benzene rings is 1. The molecule has 3 nitrogen and oxygen atoms in total. The monoisotopic (exact) mass is 267 g/mol. The molecule has 4 heteroatoms. The number of nitrogens with one attached hydrogen (secondary N) is 1. The van der Waals surface area contributed by atoms with E-state index in [1.165, 1.54) is 6.42 Å². The third-order valence-corrected chi connectivity index (χ3v) is 3.63. The van der Waals surface area contributed by atoms with Gasteiger partial charge in [-0.15, -0.1) is 0 Å². The fourth-order valence-electron chi connectivity index (χ4n) is 2.28. The molecule has 0 saturated heterocycles. The van der Waals surface area contributed by atoms with Gasteiger partial charge in [-0.05, 0) is 49.4 Å². The molecule has 98 valence electrons. The maximum atomic E-state index is 11.7. The Morgan fingerprint density at radius 2 is 1.94 bits per heavy atom. The van der Waals surface area contributed by atoms with Crippen LogP contribution in [-0.2, 0) is 4.74 Å². The number of carbonyl (C=O) groups excluding carboxylic acids is 1. The van der Waals surface area contributed by atoms with E-state index < -0.39 is 0 Å². The molecule has 1 saturated carbocycles. The normalized spacial score (nSPS) is 23.4. The molecule has 1 N–H and O–H groups in total. The van der Waals surface area contributed by atoms with Gasteiger partial charge < -0.3 is 4.74 Å². The lowest BCUT2D eigenvalue weighted by Crippen LogP contribution is -2.30. The molecule has 1 aliphatic carbocycles. The van der Waals surface area contributed by atoms with Crippen molar-refractivity contribution in [1.82, 2.24) is 0 Å². The van der Waals surface area contributed by atoms with Crippen LogP contribution >= 0.6 is 11.6 Å². The van der Waals surface area contributed by atoms with Gasteiger partial charge in [0.25, 0.3) is 0 Å². The third-order valence-electron chi connectivity index (χ3n) is 3.38. The van der Waals surface area contributed by atoms with Gasteiger partial charge in [0.2, 0.25) is 0 Å². The minimum absolute atomic E-state index is 0.0473. The Morgan fingerprint density at radius 1 is 1.28 bits per heavy atom. The topological polar surface area (TPSA) is 38.3 Å². The van der Waals surface area contributed by atoms with E-state index in [2.05, 4.69) is 12.2 Å². The average molecular weight is 268 g/mol. The SMILES string of the molecule is C[C@@H]1CCCC[C@H]1OC(=O)Nc1ccc(Cl)cc1. The molecule has 1 aliphatic rings. The zero-order valence-corrected chi connectivity index (χ0v) is 11.2. The summed E-state index contributed by atoms with van der Waals surface area (Å²) in [6.45, 7) is 2.14. The number of hydrogen-bond donors (Lipinski definition) is 1. The predicted octanol–water partition coefficient (Wildman–Crippen LogP) is 4.47. The molecular formula is C14H18ClNO2. The van der Waals surface area contributed by atoms with E-state index in [1.54, 1.807) is 24.3 Å². The summed E-state index contributed by atoms with van der Waals surface area (Å²) in [5, 5.41) is 3.37. The van der Waals surface area contributed by atoms with Gasteiger partial charge in [-0.3, -0.25) is 5.32 Å². The van der Waals surface area contributed by atoms with Crippen molar-refractivity contribution in [2.24, 2.45) is 5.92 Å². The van der Waals surface area contributed by atoms with Crippen LogP contribution in [0.15, 0.2) is 24.3 Å². The zero-order valence-electron chi connectivity index (χ0n) is 10.5. The molecule has 2 rings (SSSR count). The van der Waals surface area contributed by atoms with E-state index >= 15 is 0 Å². The third kappa shape index (κ3) is 3.64. The van der Waals surface area contributed by atoms with Gasteiger partial charge in [-0.2, -0.15) is 0 Å². The van der Waals surface area contributed by atoms with Crippen LogP contribution in [0.4, 0.5) is 10.5 Å². The fraction of sp³-hybridized carbons (Fsp3) is 0.500. The Labute approximate surface area is 112 Å². The largest absolute Gasteiger partial charge is 0.446 e. The van der Waals surface area contributed by atoms with Crippen molar-refractivity contribution >= 4 is 23.4 Å². The lowest BCUT2D eigenvalue weighted by molar-refractivity contribution is 0.0524. The zero-order chi connectivity index (χ0) is 13.0. The lowest BCUT2D eigenvalue weighted by Gasteiger charge is -2.28. The second kappa shape index (κ2) is 6.10. The summed E-state index contributed by atoms with van der Waals surface area (Å²) in [5.74, 6) is 0.453. The highest BCUT2D eigenvalue weighted by molar-refractivity contribution is 6.30. The molecule has 0 bridgehead atoms. The Morgan fingerprint density at radius 3 is 2.61 bits per heavy atom. The van der Waals surface area contributed by atoms with Crippen LogP contribution in [0.3, 0.4) is 0 Å². The highest BCUT2D eigenvalue weighted by Crippen LogP contribution is 2.26. The van der Waals surface area contributed by atoms with E-state index in [0.29, 0.717) is 16.6 Å². The van der Waals surface area contributed by atoms with Crippen molar-refractivity contribution in [3.63, 3.8) is 0 Å². The minimum Gasteiger partial charge on any atom is -0.446 e. The maximum Gasteiger partial charge on any atom is 0.411 e. The van der Waals surface area contributed by atoms with E-state index in [4.69, 9.17) is 16.3 Å². The number of anilines is 1. The second-order valence-corrected chi connectivity index (χ2v) is 5.27. The Balaban J connectivity index is 1.86. The van der Waals surface area contributed by atoms with Crippen LogP contribution in [0.2, 0.25) is 5.02 Å². The number of amides is 1. The summed E-state index contributed by atoms with van der Waals surface area (Å²) in [4.78, 5) is 11.7. The molecule has 1 aromatic carbocycles. The van der Waals surface area contributed by atoms with Crippen LogP contribution in [0.25, 0.3) is 0 Å². The van der Waals surface area contributed by atoms with Gasteiger partial charge in [0.05, 0.1) is 0 Å². The quantitative estimate of drug-likeness (QED) is 0.859. The van der Waals surface area contributed by atoms with Crippen LogP contribution < -0.4 is 5.32 Å². The first kappa shape index (κ1) is 13.2. The Hall–Kier alpha value is -1.22. The Bertz CT molecular complexity index is 405. The molecule has 0 spiro atoms. The maximum absolute atomic E-state index is 11.7. The van der Waals surface area contributed by atoms with Gasteiger partial charge in [-0.25, -0.2) is 4.79 Å². The van der Waals surface area contributed by atoms with Gasteiger partial charge in [-0.1, -0.05) is 24.9 Å². The first-order chi connectivity index (χ1) is 8.65. The molecular weight excluding hydrogens is 250 g/mol. The first-order valence-corrected chi connectivity index (χ1v) is 6.76. The highest BCUT2D eigenvalue weighted by Gasteiger charge is 2.24. The molecule has 0 aromatic heterocycles. The van der Waals surface area contributed by atoms with Crippen LogP contribution in [0, 0.1) is 5.92 Å². The number of halogens is 1. The van der Waals surface area contributed by atoms with Crippen LogP contribution in [0.1, 0.15) is 32.6 Å². The second-order valence-electron chi connectivity index (χ2n) is 4.84. The number of hydrogen-bond acceptors (Lipinski definition) is 2. The predicted molar refractivity (Wildman–Crippen MR) is 73.0 cm³/mol. The molecule has 0 unspecified atom stereocenters. The van der Waals surface area contributed by atoms with Crippen molar-refractivity contribution in [2.75, 3.05) is 5.32 Å². The van der Waals surface area contributed by atoms with Gasteiger partial charge in [0, 0.05) is 10.7 Å². The summed E-state index contributed by atoms with van der Waals surface area (Å²) in [7, 11) is 0. The summed E-state index contributed by atoms with van der Waals surface area (Å²) in [5.41, 5.74) is 0.702. The van der Waals surface area contributed by atoms with E-state index in [-0.39, 0.29) is 12.2 Å². The highest BCUT2D eigenvalue weighted by atomic mass is 35.5. The minimum atomic E-state index is -0.379. The van der Waals surface area contributed by atoms with E-state index in [1.807, 2.05) is 0 Å². The van der Waals surface area contributed by atoms with Gasteiger partial charge in [0.15, 0.2) is 0 Å². The lowest BCUT2D eigenvalue weighted by atomic mass is 9.88. The summed E-state index contributed by atoms with van der Waals surface area (Å²) >= 11 is 5.78. The van der Waals surface area contributed by atoms with Crippen molar-refractivity contribution in [3.8, 4) is 0 Å². The van der Waals surface area contributed by atoms with Crippen LogP contribution in [0.5, 0.6) is 0 Å². The molecule has 1 amide bonds. The molecule has 2 atom stereocenters. The number of ether oxygens (including phenoxy) is 1. The van der Waals surface area contributed by atoms with Crippen LogP contribution in [-0.4, -0.2) is 12.2 Å². The Kier molecular flexibility index (Phi) is 4.48. The first-order valence-electron chi connectivity index (χ1n) is 6.38. The summed E-state index contributed by atoms with van der Waals surface area (Å²) in [6.07, 6.45) is 4.15. The van der Waals surface area contributed by atoms with Gasteiger partial charge in [0.1, 0.15) is 6.10 Å². The molecule has 0 heterocycles. The number of rotatable bonds is 2. The van der Waals surface area contributed by atoms with Crippen molar-refractivity contribution in [1.29, 1.82) is 0 Å². The summed E-state index contributed by atoms with van der Waals surface area (Å²) in [6, 6.07) is 6.99. The molecule has 1 fully saturated rings. The van der Waals surface area contributed by atoms with E-state index in [9.17, 15) is 4.79 Å². The standard InChI is InChI=1S/C14H18ClNO2/c1-10-4-2-3-5-13(10)18-14(17)16-12-8-6-11(15)7-9-12/h6-10,13H,2-5H2,1H3,(H,16,17)/t10-,13-/m1/s1. The van der Waals surface area contributed by atoms with Crippen molar-refractivity contribution < 1.29 is 9.53 Å². The number of carbonyl (C=O) groups is 1. The van der Waals surface area contributed by atoms with Crippen molar-refractivity contribution in [3.05, 3.63) is 29.3 Å². The van der Waals surface area contributed by atoms with Gasteiger partial charge >= 0.3 is 6.09 Å². The molecule has 18 heavy (non-hydrogen) atoms. The van der Waals surface area contributed by atoms with Crippen molar-refractivity contribution in [2.45, 2.75) is 38.7 Å². The molecule has 0 aliphatic heterocycles. The fourth-order valence-corrected chi connectivity index (χ4v) is 2.40. The van der Waals surface area contributed by atoms with E-state index in [0.717, 1.165) is 19.3 Å². The summed E-state index contributed by atoms with van der Waals surface area (Å²) < 4.78 is 5.45. The smallest absolute Gasteiger partial charge is 0.411 e.